The smallest absolute Gasteiger partial charge is 0.0854 e. The minimum atomic E-state index is 0.840. The number of allylic oxidation sites excluding steroid dienone is 1. The van der Waals surface area contributed by atoms with Crippen LogP contribution in [0.1, 0.15) is 39.2 Å². The number of nitrogens with zero attached hydrogens (tertiary/aromatic N) is 2. The van der Waals surface area contributed by atoms with Crippen molar-refractivity contribution in [1.29, 1.82) is 0 Å². The summed E-state index contributed by atoms with van der Waals surface area (Å²) in [4.78, 5) is 2.44. The Bertz CT molecular complexity index is 1120. The van der Waals surface area contributed by atoms with Gasteiger partial charge < -0.3 is 4.74 Å². The normalized spacial score (nSPS) is 16.5. The molecular weight excluding hydrogens is 382 g/mol. The number of morpholine rings is 1. The lowest BCUT2D eigenvalue weighted by Crippen LogP contribution is -2.35. The summed E-state index contributed by atoms with van der Waals surface area (Å²) < 4.78 is 5.42. The van der Waals surface area contributed by atoms with Crippen molar-refractivity contribution in [2.24, 2.45) is 0 Å². The van der Waals surface area contributed by atoms with Gasteiger partial charge >= 0.3 is 0 Å². The number of nitrogens with one attached hydrogen (secondary N) is 1. The van der Waals surface area contributed by atoms with E-state index < -0.39 is 0 Å². The number of fused-ring (bicyclic) bond motifs is 1. The van der Waals surface area contributed by atoms with Crippen molar-refractivity contribution in [1.82, 2.24) is 15.1 Å². The molecule has 1 aliphatic carbocycles. The predicted octanol–water partition coefficient (Wildman–Crippen LogP) is 5.15. The van der Waals surface area contributed by atoms with Crippen LogP contribution in [0.25, 0.3) is 30.4 Å². The summed E-state index contributed by atoms with van der Waals surface area (Å²) in [5.41, 5.74) is 8.38. The van der Waals surface area contributed by atoms with Gasteiger partial charge in [-0.3, -0.25) is 10.00 Å². The molecule has 0 spiro atoms. The van der Waals surface area contributed by atoms with Crippen molar-refractivity contribution in [3.05, 3.63) is 93.8 Å². The van der Waals surface area contributed by atoms with Crippen LogP contribution in [0.2, 0.25) is 0 Å². The van der Waals surface area contributed by atoms with Crippen LogP contribution in [0.5, 0.6) is 0 Å². The number of ether oxygens (including phenoxy) is 1. The molecular formula is C27H27N3O. The molecule has 0 amide bonds. The molecule has 2 aromatic carbocycles. The van der Waals surface area contributed by atoms with Gasteiger partial charge in [0.2, 0.25) is 0 Å². The average molecular weight is 410 g/mol. The molecule has 0 unspecified atom stereocenters. The predicted molar refractivity (Wildman–Crippen MR) is 128 cm³/mol. The number of hydrogen-bond acceptors (Lipinski definition) is 3. The molecule has 1 aromatic heterocycles. The summed E-state index contributed by atoms with van der Waals surface area (Å²) in [6.07, 6.45) is 13.8. The third-order valence-electron chi connectivity index (χ3n) is 5.81. The Balaban J connectivity index is 1.18. The van der Waals surface area contributed by atoms with Crippen LogP contribution in [0.3, 0.4) is 0 Å². The maximum absolute atomic E-state index is 5.42. The highest BCUT2D eigenvalue weighted by atomic mass is 16.5. The summed E-state index contributed by atoms with van der Waals surface area (Å²) in [6.45, 7) is 4.70. The monoisotopic (exact) mass is 409 g/mol. The van der Waals surface area contributed by atoms with Crippen LogP contribution < -0.4 is 0 Å². The number of aromatic nitrogens is 2. The lowest BCUT2D eigenvalue weighted by atomic mass is 10.1. The quantitative estimate of drug-likeness (QED) is 0.612. The first kappa shape index (κ1) is 19.7. The van der Waals surface area contributed by atoms with E-state index in [2.05, 4.69) is 100 Å². The maximum atomic E-state index is 5.42. The molecule has 2 aliphatic rings. The van der Waals surface area contributed by atoms with Crippen LogP contribution in [-0.2, 0) is 17.7 Å². The number of rotatable bonds is 6. The van der Waals surface area contributed by atoms with E-state index in [9.17, 15) is 0 Å². The molecule has 0 bridgehead atoms. The van der Waals surface area contributed by atoms with Crippen molar-refractivity contribution in [2.45, 2.75) is 13.0 Å². The van der Waals surface area contributed by atoms with E-state index in [1.165, 1.54) is 27.8 Å². The van der Waals surface area contributed by atoms with Gasteiger partial charge in [-0.15, -0.1) is 0 Å². The van der Waals surface area contributed by atoms with Crippen molar-refractivity contribution < 1.29 is 4.74 Å². The SMILES string of the molecule is C1=Cc2ccc(/C=C/c3cc(/C=C/c4ccc(CN5CCOCC5)cc4)[nH]n3)cc2C1. The van der Waals surface area contributed by atoms with Crippen LogP contribution in [0.15, 0.2) is 54.6 Å². The lowest BCUT2D eigenvalue weighted by molar-refractivity contribution is 0.0342. The van der Waals surface area contributed by atoms with Crippen LogP contribution in [0, 0.1) is 0 Å². The largest absolute Gasteiger partial charge is 0.379 e. The fraction of sp³-hybridized carbons (Fsp3) is 0.222. The molecule has 2 heterocycles. The second-order valence-corrected chi connectivity index (χ2v) is 8.11. The Morgan fingerprint density at radius 3 is 2.58 bits per heavy atom. The van der Waals surface area contributed by atoms with E-state index in [0.29, 0.717) is 0 Å². The second-order valence-electron chi connectivity index (χ2n) is 8.11. The second kappa shape index (κ2) is 9.29. The molecule has 5 rings (SSSR count). The third-order valence-corrected chi connectivity index (χ3v) is 5.81. The zero-order valence-electron chi connectivity index (χ0n) is 17.6. The fourth-order valence-electron chi connectivity index (χ4n) is 4.02. The van der Waals surface area contributed by atoms with E-state index in [4.69, 9.17) is 4.74 Å². The minimum Gasteiger partial charge on any atom is -0.379 e. The molecule has 156 valence electrons. The fourth-order valence-corrected chi connectivity index (χ4v) is 4.02. The van der Waals surface area contributed by atoms with Crippen LogP contribution in [-0.4, -0.2) is 41.4 Å². The molecule has 1 N–H and O–H groups in total. The molecule has 1 saturated heterocycles. The first-order valence-electron chi connectivity index (χ1n) is 10.9. The van der Waals surface area contributed by atoms with Crippen LogP contribution in [0.4, 0.5) is 0 Å². The van der Waals surface area contributed by atoms with Crippen molar-refractivity contribution >= 4 is 30.4 Å². The molecule has 0 atom stereocenters. The molecule has 4 heteroatoms. The van der Waals surface area contributed by atoms with Gasteiger partial charge in [0.05, 0.1) is 24.6 Å². The lowest BCUT2D eigenvalue weighted by Gasteiger charge is -2.26. The summed E-state index contributed by atoms with van der Waals surface area (Å²) in [5, 5.41) is 7.51. The number of aromatic amines is 1. The molecule has 1 fully saturated rings. The van der Waals surface area contributed by atoms with Crippen molar-refractivity contribution in [2.75, 3.05) is 26.3 Å². The summed E-state index contributed by atoms with van der Waals surface area (Å²) >= 11 is 0. The zero-order chi connectivity index (χ0) is 20.9. The van der Waals surface area contributed by atoms with E-state index in [0.717, 1.165) is 50.7 Å². The first-order chi connectivity index (χ1) is 15.3. The van der Waals surface area contributed by atoms with Gasteiger partial charge in [-0.1, -0.05) is 66.8 Å². The highest BCUT2D eigenvalue weighted by Gasteiger charge is 2.10. The Kier molecular flexibility index (Phi) is 5.92. The van der Waals surface area contributed by atoms with Gasteiger partial charge in [0.1, 0.15) is 0 Å². The maximum Gasteiger partial charge on any atom is 0.0854 e. The topological polar surface area (TPSA) is 41.1 Å². The Labute approximate surface area is 183 Å². The van der Waals surface area contributed by atoms with E-state index in [-0.39, 0.29) is 0 Å². The van der Waals surface area contributed by atoms with Gasteiger partial charge in [-0.05, 0) is 52.5 Å². The van der Waals surface area contributed by atoms with Gasteiger partial charge in [0.15, 0.2) is 0 Å². The third kappa shape index (κ3) is 5.10. The van der Waals surface area contributed by atoms with E-state index in [1.807, 2.05) is 0 Å². The Morgan fingerprint density at radius 1 is 0.903 bits per heavy atom. The molecule has 0 saturated carbocycles. The molecule has 1 aliphatic heterocycles. The van der Waals surface area contributed by atoms with Gasteiger partial charge in [0.25, 0.3) is 0 Å². The van der Waals surface area contributed by atoms with E-state index in [1.54, 1.807) is 0 Å². The van der Waals surface area contributed by atoms with Gasteiger partial charge in [-0.25, -0.2) is 0 Å². The highest BCUT2D eigenvalue weighted by Crippen LogP contribution is 2.21. The Hall–Kier alpha value is -3.21. The number of hydrogen-bond donors (Lipinski definition) is 1. The van der Waals surface area contributed by atoms with Gasteiger partial charge in [-0.2, -0.15) is 5.10 Å². The summed E-state index contributed by atoms with van der Waals surface area (Å²) in [5.74, 6) is 0. The van der Waals surface area contributed by atoms with Crippen molar-refractivity contribution in [3.8, 4) is 0 Å². The highest BCUT2D eigenvalue weighted by molar-refractivity contribution is 5.73. The number of benzene rings is 2. The minimum absolute atomic E-state index is 0.840. The Morgan fingerprint density at radius 2 is 1.71 bits per heavy atom. The molecule has 0 radical (unpaired) electrons. The zero-order valence-corrected chi connectivity index (χ0v) is 17.6. The van der Waals surface area contributed by atoms with Crippen molar-refractivity contribution in [3.63, 3.8) is 0 Å². The summed E-state index contributed by atoms with van der Waals surface area (Å²) in [7, 11) is 0. The standard InChI is InChI=1S/C27H27N3O/c1-2-24-11-8-22(18-25(24)3-1)10-13-27-19-26(28-29-27)12-9-21-4-6-23(7-5-21)20-30-14-16-31-17-15-30/h1-2,4-13,18-19H,3,14-17,20H2,(H,28,29)/b12-9+,13-10+. The van der Waals surface area contributed by atoms with E-state index >= 15 is 0 Å². The van der Waals surface area contributed by atoms with Crippen LogP contribution >= 0.6 is 0 Å². The summed E-state index contributed by atoms with van der Waals surface area (Å²) in [6, 6.07) is 17.4. The molecule has 4 nitrogen and oxygen atoms in total. The molecule has 3 aromatic rings. The number of H-pyrrole nitrogens is 1. The molecule has 31 heavy (non-hydrogen) atoms. The van der Waals surface area contributed by atoms with Gasteiger partial charge in [0, 0.05) is 19.6 Å². The first-order valence-corrected chi connectivity index (χ1v) is 10.9. The average Bonchev–Trinajstić information content (AvgIpc) is 3.47.